The Morgan fingerprint density at radius 1 is 1.12 bits per heavy atom. The number of nitrogens with one attached hydrogen (secondary N) is 1. The topological polar surface area (TPSA) is 108 Å². The summed E-state index contributed by atoms with van der Waals surface area (Å²) in [5, 5.41) is 14.6. The molecule has 0 bridgehead atoms. The quantitative estimate of drug-likeness (QED) is 0.363. The Morgan fingerprint density at radius 3 is 2.38 bits per heavy atom. The van der Waals surface area contributed by atoms with Crippen molar-refractivity contribution in [2.45, 2.75) is 18.9 Å². The molecule has 0 radical (unpaired) electrons. The van der Waals surface area contributed by atoms with Gasteiger partial charge < -0.3 is 15.0 Å². The molecule has 2 aliphatic heterocycles. The summed E-state index contributed by atoms with van der Waals surface area (Å²) in [6.45, 7) is 4.13. The van der Waals surface area contributed by atoms with Crippen LogP contribution >= 0.6 is 11.6 Å². The highest BCUT2D eigenvalue weighted by Crippen LogP contribution is 2.34. The van der Waals surface area contributed by atoms with Gasteiger partial charge in [-0.15, -0.1) is 0 Å². The largest absolute Gasteiger partial charge is 0.497 e. The first-order valence-corrected chi connectivity index (χ1v) is 11.4. The van der Waals surface area contributed by atoms with Crippen molar-refractivity contribution in [3.8, 4) is 5.75 Å². The molecular formula is C23H26ClN5O5. The number of anilines is 1. The second-order valence-electron chi connectivity index (χ2n) is 8.29. The number of rotatable bonds is 7. The number of benzene rings is 2. The number of methoxy groups -OCH3 is 1. The van der Waals surface area contributed by atoms with Gasteiger partial charge in [0.25, 0.3) is 11.6 Å². The molecule has 4 rings (SSSR count). The second-order valence-corrected chi connectivity index (χ2v) is 8.72. The lowest BCUT2D eigenvalue weighted by Crippen LogP contribution is -2.52. The maximum atomic E-state index is 13.4. The molecule has 10 nitrogen and oxygen atoms in total. The Kier molecular flexibility index (Phi) is 6.63. The van der Waals surface area contributed by atoms with Gasteiger partial charge in [-0.05, 0) is 36.2 Å². The van der Waals surface area contributed by atoms with E-state index in [2.05, 4.69) is 5.32 Å². The van der Waals surface area contributed by atoms with Gasteiger partial charge in [0.05, 0.1) is 18.7 Å². The normalized spacial score (nSPS) is 21.0. The van der Waals surface area contributed by atoms with Gasteiger partial charge in [-0.1, -0.05) is 30.7 Å². The molecule has 1 N–H and O–H groups in total. The first-order valence-electron chi connectivity index (χ1n) is 11.0. The van der Waals surface area contributed by atoms with E-state index in [-0.39, 0.29) is 18.3 Å². The standard InChI is InChI=1S/C23H26ClN5O5/c1-3-23(16-4-7-18(34-2)8-5-16)21(30)28(22(31)25-23)15-26-10-12-27(13-11-26)19-9-6-17(24)14-20(19)29(32)33/h4-9,14H,3,10-13,15H2,1-2H3,(H,25,31). The zero-order valence-electron chi connectivity index (χ0n) is 19.0. The number of nitrogens with zero attached hydrogens (tertiary/aromatic N) is 4. The summed E-state index contributed by atoms with van der Waals surface area (Å²) in [4.78, 5) is 42.4. The minimum Gasteiger partial charge on any atom is -0.497 e. The van der Waals surface area contributed by atoms with E-state index < -0.39 is 16.5 Å². The number of piperazine rings is 1. The van der Waals surface area contributed by atoms with Crippen LogP contribution in [0.2, 0.25) is 5.02 Å². The van der Waals surface area contributed by atoms with Crippen LogP contribution in [0.1, 0.15) is 18.9 Å². The number of imide groups is 1. The number of amides is 3. The van der Waals surface area contributed by atoms with Crippen LogP contribution in [0, 0.1) is 10.1 Å². The molecular weight excluding hydrogens is 462 g/mol. The Hall–Kier alpha value is -3.37. The maximum Gasteiger partial charge on any atom is 0.326 e. The van der Waals surface area contributed by atoms with Crippen molar-refractivity contribution in [3.63, 3.8) is 0 Å². The number of carbonyl (C=O) groups excluding carboxylic acids is 2. The molecule has 1 atom stereocenters. The highest BCUT2D eigenvalue weighted by molar-refractivity contribution is 6.30. The number of hydrogen-bond acceptors (Lipinski definition) is 7. The van der Waals surface area contributed by atoms with E-state index in [9.17, 15) is 19.7 Å². The van der Waals surface area contributed by atoms with Crippen LogP contribution in [-0.2, 0) is 10.3 Å². The summed E-state index contributed by atoms with van der Waals surface area (Å²) < 4.78 is 5.20. The smallest absolute Gasteiger partial charge is 0.326 e. The van der Waals surface area contributed by atoms with Crippen molar-refractivity contribution in [3.05, 3.63) is 63.2 Å². The Labute approximate surface area is 202 Å². The van der Waals surface area contributed by atoms with Crippen molar-refractivity contribution in [2.75, 3.05) is 44.9 Å². The van der Waals surface area contributed by atoms with Crippen molar-refractivity contribution in [1.29, 1.82) is 0 Å². The summed E-state index contributed by atoms with van der Waals surface area (Å²) in [6.07, 6.45) is 0.411. The second kappa shape index (κ2) is 9.47. The number of nitro groups is 1. The molecule has 11 heteroatoms. The molecule has 0 aliphatic carbocycles. The molecule has 2 aliphatic rings. The van der Waals surface area contributed by atoms with E-state index in [0.29, 0.717) is 54.6 Å². The van der Waals surface area contributed by atoms with E-state index in [0.717, 1.165) is 0 Å². The van der Waals surface area contributed by atoms with Crippen LogP contribution in [0.3, 0.4) is 0 Å². The van der Waals surface area contributed by atoms with Crippen LogP contribution in [0.25, 0.3) is 0 Å². The SMILES string of the molecule is CCC1(c2ccc(OC)cc2)NC(=O)N(CN2CCN(c3ccc(Cl)cc3[N+](=O)[O-])CC2)C1=O. The minimum atomic E-state index is -1.12. The fourth-order valence-electron chi connectivity index (χ4n) is 4.51. The van der Waals surface area contributed by atoms with Gasteiger partial charge in [-0.25, -0.2) is 9.69 Å². The number of nitro benzene ring substituents is 1. The Balaban J connectivity index is 1.45. The highest BCUT2D eigenvalue weighted by atomic mass is 35.5. The molecule has 1 unspecified atom stereocenters. The highest BCUT2D eigenvalue weighted by Gasteiger charge is 2.51. The number of hydrogen-bond donors (Lipinski definition) is 1. The van der Waals surface area contributed by atoms with Crippen molar-refractivity contribution in [1.82, 2.24) is 15.1 Å². The number of ether oxygens (including phenoxy) is 1. The lowest BCUT2D eigenvalue weighted by Gasteiger charge is -2.37. The third-order valence-corrected chi connectivity index (χ3v) is 6.71. The van der Waals surface area contributed by atoms with E-state index in [1.54, 1.807) is 43.5 Å². The van der Waals surface area contributed by atoms with Crippen molar-refractivity contribution < 1.29 is 19.2 Å². The summed E-state index contributed by atoms with van der Waals surface area (Å²) in [7, 11) is 1.57. The van der Waals surface area contributed by atoms with Gasteiger partial charge in [-0.3, -0.25) is 19.8 Å². The molecule has 2 aromatic rings. The molecule has 2 saturated heterocycles. The molecule has 3 amide bonds. The van der Waals surface area contributed by atoms with Gasteiger partial charge in [0.15, 0.2) is 0 Å². The zero-order valence-corrected chi connectivity index (χ0v) is 19.7. The predicted molar refractivity (Wildman–Crippen MR) is 127 cm³/mol. The number of carbonyl (C=O) groups is 2. The monoisotopic (exact) mass is 487 g/mol. The summed E-state index contributed by atoms with van der Waals surface area (Å²) in [5.74, 6) is 0.378. The first-order chi connectivity index (χ1) is 16.3. The lowest BCUT2D eigenvalue weighted by atomic mass is 9.87. The Bertz CT molecular complexity index is 1100. The summed E-state index contributed by atoms with van der Waals surface area (Å²) >= 11 is 5.93. The molecule has 0 aromatic heterocycles. The van der Waals surface area contributed by atoms with E-state index >= 15 is 0 Å². The Morgan fingerprint density at radius 2 is 1.79 bits per heavy atom. The average molecular weight is 488 g/mol. The average Bonchev–Trinajstić information content (AvgIpc) is 3.09. The summed E-state index contributed by atoms with van der Waals surface area (Å²) in [6, 6.07) is 11.3. The molecule has 2 aromatic carbocycles. The van der Waals surface area contributed by atoms with E-state index in [4.69, 9.17) is 16.3 Å². The number of halogens is 1. The molecule has 2 fully saturated rings. The van der Waals surface area contributed by atoms with Crippen LogP contribution in [0.15, 0.2) is 42.5 Å². The number of urea groups is 1. The van der Waals surface area contributed by atoms with Gasteiger partial charge >= 0.3 is 6.03 Å². The molecule has 180 valence electrons. The van der Waals surface area contributed by atoms with E-state index in [1.807, 2.05) is 16.7 Å². The molecule has 0 spiro atoms. The van der Waals surface area contributed by atoms with Crippen LogP contribution in [-0.4, -0.2) is 66.6 Å². The third-order valence-electron chi connectivity index (χ3n) is 6.48. The van der Waals surface area contributed by atoms with Crippen molar-refractivity contribution in [2.24, 2.45) is 0 Å². The van der Waals surface area contributed by atoms with Gasteiger partial charge in [0.1, 0.15) is 17.0 Å². The fourth-order valence-corrected chi connectivity index (χ4v) is 4.68. The summed E-state index contributed by atoms with van der Waals surface area (Å²) in [5.41, 5.74) is 0.0575. The van der Waals surface area contributed by atoms with E-state index in [1.165, 1.54) is 11.0 Å². The molecule has 2 heterocycles. The van der Waals surface area contributed by atoms with Crippen LogP contribution in [0.5, 0.6) is 5.75 Å². The fraction of sp³-hybridized carbons (Fsp3) is 0.391. The lowest BCUT2D eigenvalue weighted by molar-refractivity contribution is -0.384. The zero-order chi connectivity index (χ0) is 24.5. The van der Waals surface area contributed by atoms with Crippen LogP contribution in [0.4, 0.5) is 16.2 Å². The van der Waals surface area contributed by atoms with Gasteiger partial charge in [-0.2, -0.15) is 0 Å². The molecule has 34 heavy (non-hydrogen) atoms. The predicted octanol–water partition coefficient (Wildman–Crippen LogP) is 3.19. The third kappa shape index (κ3) is 4.26. The van der Waals surface area contributed by atoms with Crippen molar-refractivity contribution >= 4 is 34.9 Å². The maximum absolute atomic E-state index is 13.4. The van der Waals surface area contributed by atoms with Crippen LogP contribution < -0.4 is 15.0 Å². The molecule has 0 saturated carbocycles. The first kappa shape index (κ1) is 23.8. The van der Waals surface area contributed by atoms with Gasteiger partial charge in [0.2, 0.25) is 0 Å². The minimum absolute atomic E-state index is 0.0396. The van der Waals surface area contributed by atoms with Gasteiger partial charge in [0, 0.05) is 37.3 Å².